The first kappa shape index (κ1) is 18.4. The van der Waals surface area contributed by atoms with Crippen molar-refractivity contribution in [1.29, 1.82) is 5.41 Å². The van der Waals surface area contributed by atoms with E-state index < -0.39 is 5.91 Å². The maximum atomic E-state index is 12.5. The first-order chi connectivity index (χ1) is 13.4. The number of aryl methyl sites for hydroxylation is 2. The lowest BCUT2D eigenvalue weighted by molar-refractivity contribution is -0.114. The number of carbonyl (C=O) groups is 1. The number of aromatic nitrogens is 1. The fourth-order valence-electron chi connectivity index (χ4n) is 3.58. The lowest BCUT2D eigenvalue weighted by atomic mass is 10.1. The number of nitrogens with zero attached hydrogens (tertiary/aromatic N) is 4. The Balaban J connectivity index is 1.80. The summed E-state index contributed by atoms with van der Waals surface area (Å²) in [6.07, 6.45) is 2.69. The number of hydrazone groups is 1. The van der Waals surface area contributed by atoms with E-state index in [1.807, 2.05) is 32.0 Å². The summed E-state index contributed by atoms with van der Waals surface area (Å²) in [5.74, 6) is -0.328. The van der Waals surface area contributed by atoms with Crippen molar-refractivity contribution in [1.82, 2.24) is 9.58 Å². The first-order valence-electron chi connectivity index (χ1n) is 9.14. The molecule has 0 saturated heterocycles. The number of para-hydroxylation sites is 1. The van der Waals surface area contributed by atoms with Crippen LogP contribution in [0.15, 0.2) is 46.0 Å². The van der Waals surface area contributed by atoms with Crippen LogP contribution in [0.25, 0.3) is 11.8 Å². The lowest BCUT2D eigenvalue weighted by Crippen LogP contribution is -2.35. The Hall–Kier alpha value is -2.93. The molecule has 0 unspecified atom stereocenters. The summed E-state index contributed by atoms with van der Waals surface area (Å²) in [7, 11) is 0. The van der Waals surface area contributed by atoms with Crippen molar-refractivity contribution in [3.63, 3.8) is 0 Å². The number of hydrogen-bond acceptors (Lipinski definition) is 4. The zero-order valence-electron chi connectivity index (χ0n) is 16.3. The van der Waals surface area contributed by atoms with Crippen LogP contribution in [0.2, 0.25) is 0 Å². The Labute approximate surface area is 168 Å². The fraction of sp³-hybridized carbons (Fsp3) is 0.238. The average molecular weight is 392 g/mol. The minimum atomic E-state index is -0.396. The minimum absolute atomic E-state index is 0.0677. The second kappa shape index (κ2) is 6.91. The molecule has 4 rings (SSSR count). The van der Waals surface area contributed by atoms with Crippen LogP contribution >= 0.6 is 11.8 Å². The monoisotopic (exact) mass is 391 g/mol. The number of amidine groups is 2. The molecule has 7 heteroatoms. The van der Waals surface area contributed by atoms with Gasteiger partial charge in [0.05, 0.1) is 10.6 Å². The van der Waals surface area contributed by atoms with Gasteiger partial charge in [-0.15, -0.1) is 0 Å². The molecule has 0 spiro atoms. The van der Waals surface area contributed by atoms with E-state index in [-0.39, 0.29) is 11.4 Å². The molecule has 2 aliphatic rings. The number of rotatable bonds is 3. The van der Waals surface area contributed by atoms with Crippen LogP contribution < -0.4 is 0 Å². The van der Waals surface area contributed by atoms with E-state index in [9.17, 15) is 4.79 Å². The normalized spacial score (nSPS) is 17.9. The Morgan fingerprint density at radius 2 is 1.96 bits per heavy atom. The molecule has 0 radical (unpaired) electrons. The van der Waals surface area contributed by atoms with Crippen LogP contribution in [0.3, 0.4) is 0 Å². The number of fused-ring (bicyclic) bond motifs is 1. The van der Waals surface area contributed by atoms with Gasteiger partial charge in [0.15, 0.2) is 5.84 Å². The van der Waals surface area contributed by atoms with Crippen molar-refractivity contribution in [3.05, 3.63) is 58.4 Å². The third kappa shape index (κ3) is 2.92. The molecule has 0 fully saturated rings. The van der Waals surface area contributed by atoms with Gasteiger partial charge >= 0.3 is 0 Å². The van der Waals surface area contributed by atoms with Crippen molar-refractivity contribution in [3.8, 4) is 5.69 Å². The zero-order chi connectivity index (χ0) is 20.0. The highest BCUT2D eigenvalue weighted by Gasteiger charge is 2.34. The van der Waals surface area contributed by atoms with Crippen LogP contribution in [-0.2, 0) is 11.2 Å². The molecule has 0 aliphatic carbocycles. The topological polar surface area (TPSA) is 73.8 Å². The molecule has 0 saturated carbocycles. The lowest BCUT2D eigenvalue weighted by Gasteiger charge is -2.20. The van der Waals surface area contributed by atoms with Gasteiger partial charge in [0, 0.05) is 17.1 Å². The van der Waals surface area contributed by atoms with E-state index in [0.717, 1.165) is 34.1 Å². The number of amides is 1. The Morgan fingerprint density at radius 1 is 1.21 bits per heavy atom. The van der Waals surface area contributed by atoms with Crippen LogP contribution in [0.4, 0.5) is 0 Å². The molecule has 1 amide bonds. The minimum Gasteiger partial charge on any atom is -0.318 e. The molecule has 1 aromatic carbocycles. The summed E-state index contributed by atoms with van der Waals surface area (Å²) in [5, 5.41) is 15.4. The second-order valence-electron chi connectivity index (χ2n) is 6.78. The third-order valence-corrected chi connectivity index (χ3v) is 5.76. The molecule has 142 valence electrons. The van der Waals surface area contributed by atoms with Gasteiger partial charge in [-0.1, -0.05) is 25.1 Å². The highest BCUT2D eigenvalue weighted by molar-refractivity contribution is 8.26. The van der Waals surface area contributed by atoms with Crippen molar-refractivity contribution < 1.29 is 4.79 Å². The zero-order valence-corrected chi connectivity index (χ0v) is 17.1. The highest BCUT2D eigenvalue weighted by Crippen LogP contribution is 2.30. The molecule has 1 N–H and O–H groups in total. The van der Waals surface area contributed by atoms with E-state index in [1.165, 1.54) is 22.3 Å². The van der Waals surface area contributed by atoms with Gasteiger partial charge in [0.1, 0.15) is 0 Å². The van der Waals surface area contributed by atoms with E-state index in [1.54, 1.807) is 6.08 Å². The molecule has 0 bridgehead atoms. The van der Waals surface area contributed by atoms with Crippen LogP contribution in [0, 0.1) is 19.3 Å². The summed E-state index contributed by atoms with van der Waals surface area (Å²) in [6, 6.07) is 10.4. The number of carbonyl (C=O) groups excluding carboxylic acids is 1. The largest absolute Gasteiger partial charge is 0.318 e. The average Bonchev–Trinajstić information content (AvgIpc) is 3.17. The molecule has 2 aliphatic heterocycles. The molecule has 6 nitrogen and oxygen atoms in total. The van der Waals surface area contributed by atoms with E-state index >= 15 is 0 Å². The van der Waals surface area contributed by atoms with Gasteiger partial charge in [-0.2, -0.15) is 15.1 Å². The van der Waals surface area contributed by atoms with Crippen LogP contribution in [0.5, 0.6) is 0 Å². The molecule has 1 aromatic heterocycles. The standard InChI is InChI=1S/C21H21N5OS/c1-5-15-8-6-7-9-18(15)25-12(2)10-16(13(25)3)11-17-19(22)26-21(23-20(17)27)28-14(4)24-26/h6-11,22H,5H2,1-4H3/b17-11+,22-19?. The summed E-state index contributed by atoms with van der Waals surface area (Å²) in [4.78, 5) is 16.6. The first-order valence-corrected chi connectivity index (χ1v) is 9.96. The summed E-state index contributed by atoms with van der Waals surface area (Å²) in [5.41, 5.74) is 5.67. The van der Waals surface area contributed by atoms with Crippen LogP contribution in [-0.4, -0.2) is 31.5 Å². The Kier molecular flexibility index (Phi) is 4.55. The Bertz CT molecular complexity index is 1110. The molecule has 0 atom stereocenters. The van der Waals surface area contributed by atoms with Gasteiger partial charge in [0.25, 0.3) is 5.91 Å². The van der Waals surface area contributed by atoms with Crippen molar-refractivity contribution in [2.24, 2.45) is 10.1 Å². The predicted molar refractivity (Wildman–Crippen MR) is 115 cm³/mol. The van der Waals surface area contributed by atoms with Crippen LogP contribution in [0.1, 0.15) is 36.4 Å². The van der Waals surface area contributed by atoms with Gasteiger partial charge in [-0.05, 0) is 68.3 Å². The SMILES string of the molecule is CCc1ccccc1-n1c(C)cc(/C=C2\C(=N)N3N=C(C)SC3=NC2=O)c1C. The van der Waals surface area contributed by atoms with Gasteiger partial charge in [-0.25, -0.2) is 0 Å². The number of hydrogen-bond donors (Lipinski definition) is 1. The third-order valence-electron chi connectivity index (χ3n) is 4.94. The smallest absolute Gasteiger partial charge is 0.283 e. The summed E-state index contributed by atoms with van der Waals surface area (Å²) < 4.78 is 2.20. The molecule has 3 heterocycles. The van der Waals surface area contributed by atoms with E-state index in [4.69, 9.17) is 5.41 Å². The van der Waals surface area contributed by atoms with Gasteiger partial charge in [-0.3, -0.25) is 10.2 Å². The Morgan fingerprint density at radius 3 is 2.71 bits per heavy atom. The highest BCUT2D eigenvalue weighted by atomic mass is 32.2. The van der Waals surface area contributed by atoms with E-state index in [0.29, 0.717) is 5.17 Å². The number of thioether (sulfide) groups is 1. The van der Waals surface area contributed by atoms with E-state index in [2.05, 4.69) is 40.6 Å². The molecular formula is C21H21N5OS. The van der Waals surface area contributed by atoms with Gasteiger partial charge < -0.3 is 4.57 Å². The second-order valence-corrected chi connectivity index (χ2v) is 7.94. The molecule has 2 aromatic rings. The number of aliphatic imine (C=N–C) groups is 1. The number of benzene rings is 1. The van der Waals surface area contributed by atoms with Gasteiger partial charge in [0.2, 0.25) is 5.17 Å². The quantitative estimate of drug-likeness (QED) is 0.793. The summed E-state index contributed by atoms with van der Waals surface area (Å²) >= 11 is 1.31. The van der Waals surface area contributed by atoms with Crippen molar-refractivity contribution >= 4 is 39.8 Å². The van der Waals surface area contributed by atoms with Crippen molar-refractivity contribution in [2.45, 2.75) is 34.1 Å². The molecular weight excluding hydrogens is 370 g/mol. The molecule has 28 heavy (non-hydrogen) atoms. The summed E-state index contributed by atoms with van der Waals surface area (Å²) in [6.45, 7) is 8.07. The predicted octanol–water partition coefficient (Wildman–Crippen LogP) is 4.30. The number of nitrogens with one attached hydrogen (secondary N) is 1. The maximum Gasteiger partial charge on any atom is 0.283 e. The maximum absolute atomic E-state index is 12.5. The fourth-order valence-corrected chi connectivity index (χ4v) is 4.31. The van der Waals surface area contributed by atoms with Crippen molar-refractivity contribution in [2.75, 3.05) is 0 Å².